The second kappa shape index (κ2) is 6.76. The number of halogens is 2. The number of pyridine rings is 2. The van der Waals surface area contributed by atoms with Crippen LogP contribution in [0.2, 0.25) is 0 Å². The van der Waals surface area contributed by atoms with Crippen LogP contribution >= 0.6 is 31.9 Å². The van der Waals surface area contributed by atoms with Crippen LogP contribution in [-0.4, -0.2) is 19.9 Å². The van der Waals surface area contributed by atoms with Crippen LogP contribution in [0.25, 0.3) is 21.8 Å². The van der Waals surface area contributed by atoms with E-state index in [1.165, 1.54) is 11.1 Å². The van der Waals surface area contributed by atoms with Gasteiger partial charge in [0.05, 0.1) is 11.0 Å². The lowest BCUT2D eigenvalue weighted by molar-refractivity contribution is 0.998. The van der Waals surface area contributed by atoms with E-state index in [0.29, 0.717) is 0 Å². The Morgan fingerprint density at radius 3 is 1.75 bits per heavy atom. The minimum absolute atomic E-state index is 0.0201. The molecule has 5 aromatic rings. The Kier molecular flexibility index (Phi) is 4.21. The molecule has 5 rings (SSSR count). The van der Waals surface area contributed by atoms with Crippen LogP contribution in [0.5, 0.6) is 0 Å². The molecule has 4 aromatic heterocycles. The van der Waals surface area contributed by atoms with E-state index in [1.807, 2.05) is 36.7 Å². The molecule has 7 heteroatoms. The number of nitrogens with two attached hydrogens (primary N) is 1. The molecule has 28 heavy (non-hydrogen) atoms. The van der Waals surface area contributed by atoms with Gasteiger partial charge >= 0.3 is 0 Å². The van der Waals surface area contributed by atoms with Crippen molar-refractivity contribution in [3.63, 3.8) is 0 Å². The molecule has 0 amide bonds. The molecule has 0 aliphatic heterocycles. The van der Waals surface area contributed by atoms with Gasteiger partial charge in [-0.25, -0.2) is 9.97 Å². The summed E-state index contributed by atoms with van der Waals surface area (Å²) in [5.74, 6) is 0.0201. The van der Waals surface area contributed by atoms with E-state index >= 15 is 0 Å². The summed E-state index contributed by atoms with van der Waals surface area (Å²) >= 11 is 7.09. The number of anilines is 1. The lowest BCUT2D eigenvalue weighted by Crippen LogP contribution is -2.03. The number of nitrogens with zero attached hydrogens (tertiary/aromatic N) is 2. The summed E-state index contributed by atoms with van der Waals surface area (Å²) in [6.07, 6.45) is 7.76. The van der Waals surface area contributed by atoms with Gasteiger partial charge in [0.2, 0.25) is 0 Å². The Labute approximate surface area is 177 Å². The molecule has 4 heterocycles. The van der Waals surface area contributed by atoms with Gasteiger partial charge in [-0.3, -0.25) is 0 Å². The molecule has 0 saturated carbocycles. The fraction of sp³-hybridized carbons (Fsp3) is 0.0476. The SMILES string of the molecule is Nc1ccc(C(c2c[nH]c3c(Br)nccc23)c2c[nH]c3c(Br)nccc23)cc1. The average molecular weight is 497 g/mol. The van der Waals surface area contributed by atoms with Gasteiger partial charge in [0, 0.05) is 47.2 Å². The summed E-state index contributed by atoms with van der Waals surface area (Å²) in [4.78, 5) is 15.4. The molecular weight excluding hydrogens is 482 g/mol. The lowest BCUT2D eigenvalue weighted by Gasteiger charge is -2.17. The summed E-state index contributed by atoms with van der Waals surface area (Å²) in [7, 11) is 0. The highest BCUT2D eigenvalue weighted by atomic mass is 79.9. The molecule has 5 nitrogen and oxygen atoms in total. The number of rotatable bonds is 3. The molecule has 0 atom stereocenters. The molecular formula is C21H15Br2N5. The summed E-state index contributed by atoms with van der Waals surface area (Å²) in [5, 5.41) is 2.26. The highest BCUT2D eigenvalue weighted by molar-refractivity contribution is 9.10. The van der Waals surface area contributed by atoms with Gasteiger partial charge in [-0.15, -0.1) is 0 Å². The number of H-pyrrole nitrogens is 2. The molecule has 0 aliphatic rings. The zero-order valence-electron chi connectivity index (χ0n) is 14.6. The Morgan fingerprint density at radius 1 is 0.750 bits per heavy atom. The predicted molar refractivity (Wildman–Crippen MR) is 119 cm³/mol. The first-order valence-electron chi connectivity index (χ1n) is 8.72. The number of nitrogens with one attached hydrogen (secondary N) is 2. The van der Waals surface area contributed by atoms with Crippen molar-refractivity contribution in [2.75, 3.05) is 5.73 Å². The molecule has 0 fully saturated rings. The number of hydrogen-bond donors (Lipinski definition) is 3. The Morgan fingerprint density at radius 2 is 1.25 bits per heavy atom. The standard InChI is InChI=1S/C21H15Br2N5/c22-20-18-13(5-7-25-20)15(9-27-18)17(11-1-3-12(24)4-2-11)16-10-28-19-14(16)6-8-26-21(19)23/h1-10,17,27-28H,24H2. The predicted octanol–water partition coefficient (Wildman–Crippen LogP) is 5.73. The zero-order chi connectivity index (χ0) is 19.3. The Bertz CT molecular complexity index is 1220. The third-order valence-corrected chi connectivity index (χ3v) is 6.27. The first kappa shape index (κ1) is 17.5. The first-order chi connectivity index (χ1) is 13.6. The maximum Gasteiger partial charge on any atom is 0.130 e. The first-order valence-corrected chi connectivity index (χ1v) is 10.3. The number of aromatic amines is 2. The van der Waals surface area contributed by atoms with Gasteiger partial charge in [0.15, 0.2) is 0 Å². The number of fused-ring (bicyclic) bond motifs is 2. The van der Waals surface area contributed by atoms with Gasteiger partial charge < -0.3 is 15.7 Å². The normalized spacial score (nSPS) is 11.7. The van der Waals surface area contributed by atoms with Crippen molar-refractivity contribution in [1.82, 2.24) is 19.9 Å². The van der Waals surface area contributed by atoms with Crippen LogP contribution < -0.4 is 5.73 Å². The molecule has 0 radical (unpaired) electrons. The molecule has 4 N–H and O–H groups in total. The topological polar surface area (TPSA) is 83.4 Å². The van der Waals surface area contributed by atoms with E-state index in [9.17, 15) is 0 Å². The monoisotopic (exact) mass is 495 g/mol. The third kappa shape index (κ3) is 2.73. The second-order valence-corrected chi connectivity index (χ2v) is 8.14. The minimum atomic E-state index is 0.0201. The highest BCUT2D eigenvalue weighted by Gasteiger charge is 2.24. The van der Waals surface area contributed by atoms with Crippen LogP contribution in [0.4, 0.5) is 5.69 Å². The summed E-state index contributed by atoms with van der Waals surface area (Å²) in [5.41, 5.74) is 12.2. The van der Waals surface area contributed by atoms with Gasteiger partial charge in [-0.1, -0.05) is 12.1 Å². The molecule has 0 aliphatic carbocycles. The van der Waals surface area contributed by atoms with Crippen molar-refractivity contribution in [3.8, 4) is 0 Å². The summed E-state index contributed by atoms with van der Waals surface area (Å²) in [6, 6.07) is 12.2. The van der Waals surface area contributed by atoms with E-state index in [1.54, 1.807) is 0 Å². The van der Waals surface area contributed by atoms with Crippen LogP contribution in [0.3, 0.4) is 0 Å². The van der Waals surface area contributed by atoms with E-state index in [-0.39, 0.29) is 5.92 Å². The Hall–Kier alpha value is -2.64. The smallest absolute Gasteiger partial charge is 0.130 e. The molecule has 0 bridgehead atoms. The van der Waals surface area contributed by atoms with Gasteiger partial charge in [-0.05, 0) is 72.8 Å². The van der Waals surface area contributed by atoms with Crippen LogP contribution in [0.1, 0.15) is 22.6 Å². The maximum absolute atomic E-state index is 5.94. The number of benzene rings is 1. The summed E-state index contributed by atoms with van der Waals surface area (Å²) < 4.78 is 1.61. The van der Waals surface area contributed by atoms with Crippen LogP contribution in [0, 0.1) is 0 Å². The lowest BCUT2D eigenvalue weighted by atomic mass is 9.85. The van der Waals surface area contributed by atoms with E-state index in [2.05, 4.69) is 76.3 Å². The quantitative estimate of drug-likeness (QED) is 0.220. The van der Waals surface area contributed by atoms with Crippen molar-refractivity contribution < 1.29 is 0 Å². The zero-order valence-corrected chi connectivity index (χ0v) is 17.8. The fourth-order valence-electron chi connectivity index (χ4n) is 3.78. The van der Waals surface area contributed by atoms with Gasteiger partial charge in [-0.2, -0.15) is 0 Å². The maximum atomic E-state index is 5.94. The highest BCUT2D eigenvalue weighted by Crippen LogP contribution is 2.40. The van der Waals surface area contributed by atoms with E-state index in [0.717, 1.165) is 42.3 Å². The van der Waals surface area contributed by atoms with Crippen molar-refractivity contribution in [2.24, 2.45) is 0 Å². The summed E-state index contributed by atoms with van der Waals surface area (Å²) in [6.45, 7) is 0. The fourth-order valence-corrected chi connectivity index (χ4v) is 4.67. The van der Waals surface area contributed by atoms with Crippen molar-refractivity contribution >= 4 is 59.4 Å². The number of aromatic nitrogens is 4. The van der Waals surface area contributed by atoms with Crippen LogP contribution in [-0.2, 0) is 0 Å². The minimum Gasteiger partial charge on any atom is -0.399 e. The van der Waals surface area contributed by atoms with Gasteiger partial charge in [0.25, 0.3) is 0 Å². The average Bonchev–Trinajstić information content (AvgIpc) is 3.31. The number of hydrogen-bond acceptors (Lipinski definition) is 3. The van der Waals surface area contributed by atoms with Crippen molar-refractivity contribution in [3.05, 3.63) is 87.1 Å². The van der Waals surface area contributed by atoms with Gasteiger partial charge in [0.1, 0.15) is 9.21 Å². The molecule has 0 saturated heterocycles. The van der Waals surface area contributed by atoms with Crippen molar-refractivity contribution in [1.29, 1.82) is 0 Å². The van der Waals surface area contributed by atoms with E-state index < -0.39 is 0 Å². The molecule has 1 aromatic carbocycles. The van der Waals surface area contributed by atoms with E-state index in [4.69, 9.17) is 5.73 Å². The molecule has 0 unspecified atom stereocenters. The van der Waals surface area contributed by atoms with Crippen LogP contribution in [0.15, 0.2) is 70.4 Å². The molecule has 138 valence electrons. The largest absolute Gasteiger partial charge is 0.399 e. The second-order valence-electron chi connectivity index (χ2n) is 6.64. The number of nitrogen functional groups attached to an aromatic ring is 1. The third-order valence-electron chi connectivity index (χ3n) is 5.07. The Balaban J connectivity index is 1.81. The van der Waals surface area contributed by atoms with Crippen molar-refractivity contribution in [2.45, 2.75) is 5.92 Å². The molecule has 0 spiro atoms.